The molecule has 0 saturated carbocycles. The lowest BCUT2D eigenvalue weighted by Gasteiger charge is -2.40. The van der Waals surface area contributed by atoms with E-state index in [1.54, 1.807) is 4.90 Å². The van der Waals surface area contributed by atoms with Gasteiger partial charge in [-0.15, -0.1) is 0 Å². The van der Waals surface area contributed by atoms with E-state index in [1.807, 2.05) is 47.6 Å². The summed E-state index contributed by atoms with van der Waals surface area (Å²) < 4.78 is 10.3. The fourth-order valence-electron chi connectivity index (χ4n) is 4.27. The van der Waals surface area contributed by atoms with Gasteiger partial charge >= 0.3 is 12.1 Å². The number of hydrogen-bond donors (Lipinski definition) is 0. The molecule has 2 saturated heterocycles. The van der Waals surface area contributed by atoms with Crippen LogP contribution < -0.4 is 0 Å². The highest BCUT2D eigenvalue weighted by molar-refractivity contribution is 5.72. The monoisotopic (exact) mass is 457 g/mol. The van der Waals surface area contributed by atoms with Gasteiger partial charge in [-0.25, -0.2) is 4.79 Å². The Bertz CT molecular complexity index is 871. The first-order valence-electron chi connectivity index (χ1n) is 11.9. The number of aryl methyl sites for hydroxylation is 1. The average molecular weight is 458 g/mol. The number of nitrogens with zero attached hydrogens (tertiary/aromatic N) is 3. The van der Waals surface area contributed by atoms with Gasteiger partial charge in [-0.05, 0) is 76.4 Å². The standard InChI is InChI=1S/C24H33N3O4.C2H6/c1-16-10-18(20-13-27(14-20)23(29)31-24(2,3)4)11-19(12-25)21(16)15-26-8-6-17(7-9-26)22(28)30-5;1-2/h10-11,17,20H,6-9,13-15H2,1-5H3;1-2H3. The number of likely N-dealkylation sites (tertiary alicyclic amines) is 2. The van der Waals surface area contributed by atoms with Crippen molar-refractivity contribution in [2.24, 2.45) is 5.92 Å². The van der Waals surface area contributed by atoms with Crippen LogP contribution in [-0.2, 0) is 20.8 Å². The summed E-state index contributed by atoms with van der Waals surface area (Å²) in [6.07, 6.45) is 1.29. The van der Waals surface area contributed by atoms with Crippen LogP contribution in [0.3, 0.4) is 0 Å². The lowest BCUT2D eigenvalue weighted by atomic mass is 9.87. The van der Waals surface area contributed by atoms with Crippen LogP contribution in [0.5, 0.6) is 0 Å². The summed E-state index contributed by atoms with van der Waals surface area (Å²) in [5.74, 6) is 0.0775. The number of methoxy groups -OCH3 is 1. The predicted octanol–water partition coefficient (Wildman–Crippen LogP) is 4.61. The summed E-state index contributed by atoms with van der Waals surface area (Å²) >= 11 is 0. The molecule has 0 atom stereocenters. The number of nitriles is 1. The number of amides is 1. The third-order valence-corrected chi connectivity index (χ3v) is 6.12. The van der Waals surface area contributed by atoms with Gasteiger partial charge in [0.05, 0.1) is 24.7 Å². The second-order valence-electron chi connectivity index (χ2n) is 9.63. The largest absolute Gasteiger partial charge is 0.469 e. The van der Waals surface area contributed by atoms with Crippen molar-refractivity contribution < 1.29 is 19.1 Å². The van der Waals surface area contributed by atoms with Crippen LogP contribution in [0.25, 0.3) is 0 Å². The smallest absolute Gasteiger partial charge is 0.410 e. The Morgan fingerprint density at radius 2 is 1.76 bits per heavy atom. The number of rotatable bonds is 4. The highest BCUT2D eigenvalue weighted by Gasteiger charge is 2.35. The number of benzene rings is 1. The normalized spacial score (nSPS) is 17.3. The molecule has 0 spiro atoms. The molecule has 0 N–H and O–H groups in total. The third-order valence-electron chi connectivity index (χ3n) is 6.12. The zero-order chi connectivity index (χ0) is 24.8. The van der Waals surface area contributed by atoms with Crippen molar-refractivity contribution in [3.63, 3.8) is 0 Å². The van der Waals surface area contributed by atoms with E-state index in [-0.39, 0.29) is 23.9 Å². The van der Waals surface area contributed by atoms with Crippen LogP contribution in [0.15, 0.2) is 12.1 Å². The molecule has 0 radical (unpaired) electrons. The lowest BCUT2D eigenvalue weighted by molar-refractivity contribution is -0.147. The van der Waals surface area contributed by atoms with Crippen molar-refractivity contribution >= 4 is 12.1 Å². The molecule has 1 aromatic carbocycles. The molecule has 0 unspecified atom stereocenters. The molecule has 33 heavy (non-hydrogen) atoms. The first-order valence-corrected chi connectivity index (χ1v) is 11.9. The van der Waals surface area contributed by atoms with Crippen LogP contribution in [-0.4, -0.2) is 60.8 Å². The van der Waals surface area contributed by atoms with E-state index in [4.69, 9.17) is 9.47 Å². The van der Waals surface area contributed by atoms with Crippen molar-refractivity contribution in [1.82, 2.24) is 9.80 Å². The molecule has 2 aliphatic heterocycles. The zero-order valence-electron chi connectivity index (χ0n) is 21.2. The maximum absolute atomic E-state index is 12.2. The van der Waals surface area contributed by atoms with E-state index in [1.165, 1.54) is 7.11 Å². The predicted molar refractivity (Wildman–Crippen MR) is 128 cm³/mol. The molecule has 3 rings (SSSR count). The van der Waals surface area contributed by atoms with Crippen molar-refractivity contribution in [2.75, 3.05) is 33.3 Å². The number of piperidine rings is 1. The van der Waals surface area contributed by atoms with Crippen LogP contribution in [0, 0.1) is 24.2 Å². The molecular weight excluding hydrogens is 418 g/mol. The summed E-state index contributed by atoms with van der Waals surface area (Å²) in [6.45, 7) is 15.2. The minimum atomic E-state index is -0.500. The Labute approximate surface area is 198 Å². The van der Waals surface area contributed by atoms with Gasteiger partial charge < -0.3 is 14.4 Å². The quantitative estimate of drug-likeness (QED) is 0.614. The van der Waals surface area contributed by atoms with E-state index in [2.05, 4.69) is 17.0 Å². The van der Waals surface area contributed by atoms with E-state index >= 15 is 0 Å². The Balaban J connectivity index is 0.00000187. The number of esters is 1. The average Bonchev–Trinajstić information content (AvgIpc) is 2.74. The molecule has 2 fully saturated rings. The Morgan fingerprint density at radius 1 is 1.15 bits per heavy atom. The molecule has 1 amide bonds. The maximum atomic E-state index is 12.2. The molecule has 0 aliphatic carbocycles. The summed E-state index contributed by atoms with van der Waals surface area (Å²) in [4.78, 5) is 27.9. The van der Waals surface area contributed by atoms with Gasteiger partial charge in [0.15, 0.2) is 0 Å². The third kappa shape index (κ3) is 6.94. The van der Waals surface area contributed by atoms with E-state index in [0.717, 1.165) is 42.6 Å². The number of carbonyl (C=O) groups is 2. The second-order valence-corrected chi connectivity index (χ2v) is 9.63. The van der Waals surface area contributed by atoms with Crippen LogP contribution in [0.1, 0.15) is 75.6 Å². The minimum absolute atomic E-state index is 0.0216. The molecule has 182 valence electrons. The molecule has 2 aliphatic rings. The molecule has 7 nitrogen and oxygen atoms in total. The molecule has 1 aromatic rings. The van der Waals surface area contributed by atoms with Crippen LogP contribution in [0.4, 0.5) is 4.79 Å². The molecular formula is C26H39N3O4. The topological polar surface area (TPSA) is 82.9 Å². The summed E-state index contributed by atoms with van der Waals surface area (Å²) in [6, 6.07) is 6.48. The van der Waals surface area contributed by atoms with Crippen molar-refractivity contribution in [3.05, 3.63) is 34.4 Å². The lowest BCUT2D eigenvalue weighted by Crippen LogP contribution is -2.50. The number of carbonyl (C=O) groups excluding carboxylic acids is 2. The van der Waals surface area contributed by atoms with Crippen molar-refractivity contribution in [2.45, 2.75) is 72.4 Å². The highest BCUT2D eigenvalue weighted by Crippen LogP contribution is 2.32. The van der Waals surface area contributed by atoms with Crippen molar-refractivity contribution in [3.8, 4) is 6.07 Å². The second kappa shape index (κ2) is 11.5. The van der Waals surface area contributed by atoms with Gasteiger partial charge in [0, 0.05) is 25.6 Å². The van der Waals surface area contributed by atoms with Gasteiger partial charge in [-0.1, -0.05) is 19.9 Å². The van der Waals surface area contributed by atoms with Gasteiger partial charge in [0.1, 0.15) is 5.60 Å². The van der Waals surface area contributed by atoms with Gasteiger partial charge in [0.25, 0.3) is 0 Å². The SMILES string of the molecule is CC.COC(=O)C1CCN(Cc2c(C)cc(C3CN(C(=O)OC(C)(C)C)C3)cc2C#N)CC1. The molecule has 0 aromatic heterocycles. The molecule has 7 heteroatoms. The van der Waals surface area contributed by atoms with Crippen LogP contribution in [0.2, 0.25) is 0 Å². The maximum Gasteiger partial charge on any atom is 0.410 e. The minimum Gasteiger partial charge on any atom is -0.469 e. The Hall–Kier alpha value is -2.59. The number of ether oxygens (including phenoxy) is 2. The zero-order valence-corrected chi connectivity index (χ0v) is 21.2. The number of hydrogen-bond acceptors (Lipinski definition) is 6. The highest BCUT2D eigenvalue weighted by atomic mass is 16.6. The van der Waals surface area contributed by atoms with Gasteiger partial charge in [-0.3, -0.25) is 9.69 Å². The van der Waals surface area contributed by atoms with E-state index in [9.17, 15) is 14.9 Å². The summed E-state index contributed by atoms with van der Waals surface area (Å²) in [5, 5.41) is 9.77. The summed E-state index contributed by atoms with van der Waals surface area (Å²) in [5.41, 5.74) is 3.44. The van der Waals surface area contributed by atoms with E-state index < -0.39 is 5.60 Å². The fourth-order valence-corrected chi connectivity index (χ4v) is 4.27. The molecule has 2 heterocycles. The van der Waals surface area contributed by atoms with Gasteiger partial charge in [-0.2, -0.15) is 5.26 Å². The van der Waals surface area contributed by atoms with E-state index in [0.29, 0.717) is 25.2 Å². The molecule has 0 bridgehead atoms. The summed E-state index contributed by atoms with van der Waals surface area (Å²) in [7, 11) is 1.44. The van der Waals surface area contributed by atoms with Crippen molar-refractivity contribution in [1.29, 1.82) is 5.26 Å². The Morgan fingerprint density at radius 3 is 2.27 bits per heavy atom. The van der Waals surface area contributed by atoms with Gasteiger partial charge in [0.2, 0.25) is 0 Å². The fraction of sp³-hybridized carbons (Fsp3) is 0.654. The first-order chi connectivity index (χ1) is 15.6. The Kier molecular flexibility index (Phi) is 9.30. The van der Waals surface area contributed by atoms with Crippen LogP contribution >= 0.6 is 0 Å². The first kappa shape index (κ1) is 26.7.